The summed E-state index contributed by atoms with van der Waals surface area (Å²) in [4.78, 5) is 22.7. The molecule has 0 bridgehead atoms. The number of unbranched alkanes of at least 4 members (excludes halogenated alkanes) is 2. The first kappa shape index (κ1) is 15.0. The Morgan fingerprint density at radius 2 is 1.50 bits per heavy atom. The van der Waals surface area contributed by atoms with Gasteiger partial charge in [0.1, 0.15) is 6.42 Å². The summed E-state index contributed by atoms with van der Waals surface area (Å²) in [7, 11) is 0. The Balaban J connectivity index is 2.73. The van der Waals surface area contributed by atoms with E-state index in [9.17, 15) is 9.59 Å². The molecule has 1 aliphatic rings. The second-order valence-corrected chi connectivity index (χ2v) is 5.35. The van der Waals surface area contributed by atoms with Crippen molar-refractivity contribution in [1.82, 2.24) is 0 Å². The van der Waals surface area contributed by atoms with Crippen LogP contribution >= 0.6 is 0 Å². The molecule has 1 heterocycles. The van der Waals surface area contributed by atoms with Crippen molar-refractivity contribution in [3.05, 3.63) is 0 Å². The molecule has 0 saturated carbocycles. The first-order valence-electron chi connectivity index (χ1n) is 6.91. The highest BCUT2D eigenvalue weighted by Crippen LogP contribution is 2.38. The molecule has 0 N–H and O–H groups in total. The summed E-state index contributed by atoms with van der Waals surface area (Å²) in [6, 6.07) is 0. The lowest BCUT2D eigenvalue weighted by atomic mass is 9.79. The van der Waals surface area contributed by atoms with E-state index in [1.165, 1.54) is 0 Å². The largest absolute Gasteiger partial charge is 0.424 e. The summed E-state index contributed by atoms with van der Waals surface area (Å²) in [6.45, 7) is 6.30. The minimum absolute atomic E-state index is 0.252. The zero-order valence-corrected chi connectivity index (χ0v) is 11.7. The maximum absolute atomic E-state index is 11.4. The van der Waals surface area contributed by atoms with Crippen molar-refractivity contribution in [3.63, 3.8) is 0 Å². The molecule has 0 amide bonds. The van der Waals surface area contributed by atoms with E-state index in [0.717, 1.165) is 38.5 Å². The molecular formula is C14H24O4. The predicted octanol–water partition coefficient (Wildman–Crippen LogP) is 3.19. The van der Waals surface area contributed by atoms with Crippen molar-refractivity contribution in [2.75, 3.05) is 0 Å². The third-order valence-electron chi connectivity index (χ3n) is 3.54. The van der Waals surface area contributed by atoms with Crippen molar-refractivity contribution >= 4 is 11.9 Å². The number of esters is 2. The normalized spacial score (nSPS) is 17.5. The molecule has 1 aliphatic heterocycles. The SMILES string of the molecule is CCCCC(C)(CCCC)C1OC(=O)CC(=O)O1. The van der Waals surface area contributed by atoms with Crippen LogP contribution in [-0.2, 0) is 19.1 Å². The second-order valence-electron chi connectivity index (χ2n) is 5.35. The van der Waals surface area contributed by atoms with Gasteiger partial charge in [-0.2, -0.15) is 0 Å². The monoisotopic (exact) mass is 256 g/mol. The van der Waals surface area contributed by atoms with E-state index in [1.54, 1.807) is 0 Å². The van der Waals surface area contributed by atoms with E-state index in [1.807, 2.05) is 0 Å². The molecule has 0 radical (unpaired) electrons. The van der Waals surface area contributed by atoms with Crippen molar-refractivity contribution < 1.29 is 19.1 Å². The topological polar surface area (TPSA) is 52.6 Å². The van der Waals surface area contributed by atoms with Gasteiger partial charge in [-0.1, -0.05) is 46.5 Å². The van der Waals surface area contributed by atoms with Gasteiger partial charge in [0.05, 0.1) is 0 Å². The molecule has 0 aromatic rings. The van der Waals surface area contributed by atoms with Crippen molar-refractivity contribution in [3.8, 4) is 0 Å². The number of cyclic esters (lactones) is 2. The maximum atomic E-state index is 11.4. The standard InChI is InChI=1S/C14H24O4/c1-4-6-8-14(3,9-7-5-2)13-17-11(15)10-12(16)18-13/h13H,4-10H2,1-3H3. The summed E-state index contributed by atoms with van der Waals surface area (Å²) in [5, 5.41) is 0. The molecule has 0 spiro atoms. The molecule has 104 valence electrons. The fourth-order valence-electron chi connectivity index (χ4n) is 2.27. The predicted molar refractivity (Wildman–Crippen MR) is 67.7 cm³/mol. The van der Waals surface area contributed by atoms with Gasteiger partial charge in [0, 0.05) is 5.41 Å². The van der Waals surface area contributed by atoms with E-state index in [2.05, 4.69) is 20.8 Å². The molecule has 0 atom stereocenters. The molecule has 1 rings (SSSR count). The van der Waals surface area contributed by atoms with Crippen LogP contribution in [0.5, 0.6) is 0 Å². The number of carbonyl (C=O) groups excluding carboxylic acids is 2. The highest BCUT2D eigenvalue weighted by atomic mass is 16.7. The molecule has 0 aromatic carbocycles. The first-order valence-corrected chi connectivity index (χ1v) is 6.91. The van der Waals surface area contributed by atoms with E-state index in [0.29, 0.717) is 0 Å². The molecule has 0 aromatic heterocycles. The minimum atomic E-state index is -0.704. The summed E-state index contributed by atoms with van der Waals surface area (Å²) in [5.74, 6) is -0.925. The quantitative estimate of drug-likeness (QED) is 0.518. The van der Waals surface area contributed by atoms with Crippen LogP contribution in [0.1, 0.15) is 65.7 Å². The fraction of sp³-hybridized carbons (Fsp3) is 0.857. The summed E-state index contributed by atoms with van der Waals surface area (Å²) in [5.41, 5.74) is -0.252. The van der Waals surface area contributed by atoms with Gasteiger partial charge >= 0.3 is 11.9 Å². The fourth-order valence-corrected chi connectivity index (χ4v) is 2.27. The summed E-state index contributed by atoms with van der Waals surface area (Å²) >= 11 is 0. The maximum Gasteiger partial charge on any atom is 0.320 e. The lowest BCUT2D eigenvalue weighted by molar-refractivity contribution is -0.228. The van der Waals surface area contributed by atoms with Crippen molar-refractivity contribution in [1.29, 1.82) is 0 Å². The second kappa shape index (κ2) is 6.76. The lowest BCUT2D eigenvalue weighted by Crippen LogP contribution is -2.44. The summed E-state index contributed by atoms with van der Waals surface area (Å²) in [6.07, 6.45) is 5.12. The molecule has 0 unspecified atom stereocenters. The Labute approximate surface area is 109 Å². The lowest BCUT2D eigenvalue weighted by Gasteiger charge is -2.38. The average Bonchev–Trinajstić information content (AvgIpc) is 2.32. The van der Waals surface area contributed by atoms with Crippen LogP contribution in [0.3, 0.4) is 0 Å². The molecule has 18 heavy (non-hydrogen) atoms. The minimum Gasteiger partial charge on any atom is -0.424 e. The Morgan fingerprint density at radius 3 is 1.89 bits per heavy atom. The van der Waals surface area contributed by atoms with Crippen LogP contribution in [0.2, 0.25) is 0 Å². The Kier molecular flexibility index (Phi) is 5.63. The van der Waals surface area contributed by atoms with Gasteiger partial charge in [0.2, 0.25) is 0 Å². The molecule has 4 heteroatoms. The molecule has 1 fully saturated rings. The molecule has 4 nitrogen and oxygen atoms in total. The van der Waals surface area contributed by atoms with Gasteiger partial charge in [-0.05, 0) is 12.8 Å². The smallest absolute Gasteiger partial charge is 0.320 e. The number of rotatable bonds is 7. The van der Waals surface area contributed by atoms with Crippen molar-refractivity contribution in [2.24, 2.45) is 5.41 Å². The van der Waals surface area contributed by atoms with E-state index >= 15 is 0 Å². The van der Waals surface area contributed by atoms with Crippen LogP contribution in [0, 0.1) is 5.41 Å². The van der Waals surface area contributed by atoms with Gasteiger partial charge in [-0.25, -0.2) is 0 Å². The average molecular weight is 256 g/mol. The number of hydrogen-bond acceptors (Lipinski definition) is 4. The molecule has 0 aliphatic carbocycles. The third-order valence-corrected chi connectivity index (χ3v) is 3.54. The van der Waals surface area contributed by atoms with Crippen LogP contribution in [0.25, 0.3) is 0 Å². The van der Waals surface area contributed by atoms with Crippen LogP contribution in [0.15, 0.2) is 0 Å². The molecule has 1 saturated heterocycles. The summed E-state index contributed by atoms with van der Waals surface area (Å²) < 4.78 is 10.5. The van der Waals surface area contributed by atoms with Crippen LogP contribution < -0.4 is 0 Å². The number of hydrogen-bond donors (Lipinski definition) is 0. The van der Waals surface area contributed by atoms with E-state index in [4.69, 9.17) is 9.47 Å². The highest BCUT2D eigenvalue weighted by molar-refractivity contribution is 5.92. The first-order chi connectivity index (χ1) is 8.51. The van der Waals surface area contributed by atoms with Crippen LogP contribution in [-0.4, -0.2) is 18.2 Å². The van der Waals surface area contributed by atoms with Gasteiger partial charge in [-0.3, -0.25) is 9.59 Å². The Morgan fingerprint density at radius 1 is 1.06 bits per heavy atom. The third kappa shape index (κ3) is 4.00. The number of carbonyl (C=O) groups is 2. The van der Waals surface area contributed by atoms with Crippen molar-refractivity contribution in [2.45, 2.75) is 72.0 Å². The number of ether oxygens (including phenoxy) is 2. The van der Waals surface area contributed by atoms with Gasteiger partial charge in [0.25, 0.3) is 6.29 Å². The van der Waals surface area contributed by atoms with Crippen LogP contribution in [0.4, 0.5) is 0 Å². The highest BCUT2D eigenvalue weighted by Gasteiger charge is 2.42. The zero-order valence-electron chi connectivity index (χ0n) is 11.7. The van der Waals surface area contributed by atoms with E-state index in [-0.39, 0.29) is 11.8 Å². The Bertz CT molecular complexity index is 274. The molecular weight excluding hydrogens is 232 g/mol. The van der Waals surface area contributed by atoms with E-state index < -0.39 is 18.2 Å². The zero-order chi connectivity index (χ0) is 13.6. The van der Waals surface area contributed by atoms with Gasteiger partial charge in [-0.15, -0.1) is 0 Å². The van der Waals surface area contributed by atoms with Gasteiger partial charge in [0.15, 0.2) is 0 Å². The Hall–Kier alpha value is -1.06. The van der Waals surface area contributed by atoms with Gasteiger partial charge < -0.3 is 9.47 Å².